The maximum Gasteiger partial charge on any atom is 0.256 e. The number of aromatic nitrogens is 1. The summed E-state index contributed by atoms with van der Waals surface area (Å²) >= 11 is 3.38. The van der Waals surface area contributed by atoms with Crippen molar-refractivity contribution >= 4 is 43.8 Å². The van der Waals surface area contributed by atoms with Crippen LogP contribution >= 0.6 is 22.7 Å². The number of nitrogens with one attached hydrogen (secondary N) is 1. The molecule has 1 aliphatic carbocycles. The number of thiophene rings is 1. The van der Waals surface area contributed by atoms with Gasteiger partial charge in [0.2, 0.25) is 0 Å². The lowest BCUT2D eigenvalue weighted by molar-refractivity contribution is 0.102. The minimum absolute atomic E-state index is 0.153. The summed E-state index contributed by atoms with van der Waals surface area (Å²) < 4.78 is 12.5. The Bertz CT molecular complexity index is 1280. The van der Waals surface area contributed by atoms with Gasteiger partial charge in [0.25, 0.3) is 5.91 Å². The number of nitrogens with zero attached hydrogens (tertiary/aromatic N) is 1. The van der Waals surface area contributed by atoms with E-state index in [1.54, 1.807) is 40.9 Å². The van der Waals surface area contributed by atoms with Crippen LogP contribution in [0.5, 0.6) is 11.5 Å². The van der Waals surface area contributed by atoms with Crippen molar-refractivity contribution in [2.45, 2.75) is 39.5 Å². The molecule has 0 spiro atoms. The Kier molecular flexibility index (Phi) is 6.33. The molecule has 0 fully saturated rings. The predicted molar refractivity (Wildman–Crippen MR) is 136 cm³/mol. The molecule has 1 N–H and O–H groups in total. The molecule has 0 saturated heterocycles. The minimum atomic E-state index is -0.153. The molecule has 4 aromatic rings. The van der Waals surface area contributed by atoms with Gasteiger partial charge in [-0.05, 0) is 75.4 Å². The van der Waals surface area contributed by atoms with Gasteiger partial charge in [-0.3, -0.25) is 4.79 Å². The molecule has 0 aliphatic heterocycles. The van der Waals surface area contributed by atoms with Gasteiger partial charge < -0.3 is 14.8 Å². The quantitative estimate of drug-likeness (QED) is 0.312. The first-order chi connectivity index (χ1) is 16.2. The van der Waals surface area contributed by atoms with Gasteiger partial charge >= 0.3 is 0 Å². The third-order valence-corrected chi connectivity index (χ3v) is 7.97. The summed E-state index contributed by atoms with van der Waals surface area (Å²) in [4.78, 5) is 19.6. The summed E-state index contributed by atoms with van der Waals surface area (Å²) in [6, 6.07) is 13.5. The molecule has 7 heteroatoms. The highest BCUT2D eigenvalue weighted by molar-refractivity contribution is 7.23. The second kappa shape index (κ2) is 9.53. The smallest absolute Gasteiger partial charge is 0.256 e. The van der Waals surface area contributed by atoms with Crippen molar-refractivity contribution in [3.05, 3.63) is 58.5 Å². The van der Waals surface area contributed by atoms with E-state index in [0.29, 0.717) is 30.3 Å². The number of thiazole rings is 1. The topological polar surface area (TPSA) is 60.5 Å². The van der Waals surface area contributed by atoms with Crippen LogP contribution in [0.3, 0.4) is 0 Å². The fraction of sp³-hybridized carbons (Fsp3) is 0.308. The molecule has 33 heavy (non-hydrogen) atoms. The molecule has 5 rings (SSSR count). The van der Waals surface area contributed by atoms with Crippen molar-refractivity contribution in [1.82, 2.24) is 4.98 Å². The summed E-state index contributed by atoms with van der Waals surface area (Å²) in [5.74, 6) is 1.08. The number of aryl methyl sites for hydroxylation is 1. The van der Waals surface area contributed by atoms with E-state index >= 15 is 0 Å². The lowest BCUT2D eigenvalue weighted by atomic mass is 9.95. The summed E-state index contributed by atoms with van der Waals surface area (Å²) in [6.45, 7) is 4.89. The van der Waals surface area contributed by atoms with Crippen LogP contribution in [0.25, 0.3) is 20.8 Å². The van der Waals surface area contributed by atoms with Crippen LogP contribution in [0.2, 0.25) is 0 Å². The third kappa shape index (κ3) is 4.35. The number of ether oxygens (including phenoxy) is 2. The van der Waals surface area contributed by atoms with Crippen molar-refractivity contribution in [1.29, 1.82) is 0 Å². The predicted octanol–water partition coefficient (Wildman–Crippen LogP) is 6.95. The van der Waals surface area contributed by atoms with Crippen molar-refractivity contribution in [2.24, 2.45) is 0 Å². The zero-order valence-corrected chi connectivity index (χ0v) is 20.4. The highest BCUT2D eigenvalue weighted by Crippen LogP contribution is 2.46. The highest BCUT2D eigenvalue weighted by atomic mass is 32.1. The van der Waals surface area contributed by atoms with E-state index in [1.807, 2.05) is 32.0 Å². The van der Waals surface area contributed by atoms with Crippen LogP contribution in [0, 0.1) is 0 Å². The number of hydrogen-bond donors (Lipinski definition) is 1. The van der Waals surface area contributed by atoms with Gasteiger partial charge in [-0.2, -0.15) is 0 Å². The van der Waals surface area contributed by atoms with Crippen LogP contribution < -0.4 is 14.8 Å². The van der Waals surface area contributed by atoms with Gasteiger partial charge in [-0.15, -0.1) is 22.7 Å². The molecule has 0 saturated carbocycles. The third-order valence-electron chi connectivity index (χ3n) is 5.71. The number of rotatable bonds is 7. The van der Waals surface area contributed by atoms with E-state index in [-0.39, 0.29) is 5.91 Å². The fourth-order valence-electron chi connectivity index (χ4n) is 4.23. The van der Waals surface area contributed by atoms with Crippen molar-refractivity contribution in [3.8, 4) is 22.1 Å². The van der Waals surface area contributed by atoms with E-state index < -0.39 is 0 Å². The second-order valence-electron chi connectivity index (χ2n) is 7.88. The van der Waals surface area contributed by atoms with Crippen LogP contribution in [0.4, 0.5) is 5.00 Å². The Morgan fingerprint density at radius 2 is 1.79 bits per heavy atom. The van der Waals surface area contributed by atoms with Gasteiger partial charge in [-0.1, -0.05) is 12.1 Å². The lowest BCUT2D eigenvalue weighted by Crippen LogP contribution is -2.12. The Morgan fingerprint density at radius 3 is 2.61 bits per heavy atom. The molecular weight excluding hydrogens is 452 g/mol. The van der Waals surface area contributed by atoms with Gasteiger partial charge in [0.05, 0.1) is 23.4 Å². The van der Waals surface area contributed by atoms with Crippen molar-refractivity contribution in [3.63, 3.8) is 0 Å². The van der Waals surface area contributed by atoms with E-state index in [2.05, 4.69) is 11.4 Å². The standard InChI is InChI=1S/C26H26N2O3S2/c1-3-30-19-14-13-16(15-20(19)31-4-2)24(29)28-26-23(17-9-5-7-11-21(17)32-26)25-27-18-10-6-8-12-22(18)33-25/h6,8,10,12-15H,3-5,7,9,11H2,1-2H3,(H,28,29). The molecule has 2 aromatic carbocycles. The van der Waals surface area contributed by atoms with E-state index in [0.717, 1.165) is 38.6 Å². The normalized spacial score (nSPS) is 13.0. The number of carbonyl (C=O) groups excluding carboxylic acids is 1. The molecule has 0 atom stereocenters. The zero-order chi connectivity index (χ0) is 22.8. The van der Waals surface area contributed by atoms with E-state index in [1.165, 1.54) is 23.3 Å². The molecule has 1 aliphatic rings. The summed E-state index contributed by atoms with van der Waals surface area (Å²) in [7, 11) is 0. The number of hydrogen-bond acceptors (Lipinski definition) is 6. The maximum atomic E-state index is 13.3. The first kappa shape index (κ1) is 21.9. The number of amides is 1. The van der Waals surface area contributed by atoms with Crippen molar-refractivity contribution in [2.75, 3.05) is 18.5 Å². The van der Waals surface area contributed by atoms with E-state index in [9.17, 15) is 4.79 Å². The first-order valence-corrected chi connectivity index (χ1v) is 13.0. The second-order valence-corrected chi connectivity index (χ2v) is 10.0. The average Bonchev–Trinajstić information content (AvgIpc) is 3.41. The molecule has 1 amide bonds. The van der Waals surface area contributed by atoms with Crippen LogP contribution in [-0.2, 0) is 12.8 Å². The number of fused-ring (bicyclic) bond motifs is 2. The molecule has 0 radical (unpaired) electrons. The number of anilines is 1. The van der Waals surface area contributed by atoms with Crippen LogP contribution in [0.1, 0.15) is 47.5 Å². The maximum absolute atomic E-state index is 13.3. The first-order valence-electron chi connectivity index (χ1n) is 11.4. The summed E-state index contributed by atoms with van der Waals surface area (Å²) in [6.07, 6.45) is 4.46. The van der Waals surface area contributed by atoms with Crippen LogP contribution in [0.15, 0.2) is 42.5 Å². The number of benzene rings is 2. The monoisotopic (exact) mass is 478 g/mol. The molecular formula is C26H26N2O3S2. The Hall–Kier alpha value is -2.90. The molecule has 2 heterocycles. The van der Waals surface area contributed by atoms with Gasteiger partial charge in [-0.25, -0.2) is 4.98 Å². The Morgan fingerprint density at radius 1 is 1.00 bits per heavy atom. The molecule has 0 unspecified atom stereocenters. The molecule has 5 nitrogen and oxygen atoms in total. The average molecular weight is 479 g/mol. The Labute approximate surface area is 201 Å². The summed E-state index contributed by atoms with van der Waals surface area (Å²) in [5, 5.41) is 5.06. The Balaban J connectivity index is 1.51. The highest BCUT2D eigenvalue weighted by Gasteiger charge is 2.25. The zero-order valence-electron chi connectivity index (χ0n) is 18.8. The van der Waals surface area contributed by atoms with Crippen molar-refractivity contribution < 1.29 is 14.3 Å². The number of carbonyl (C=O) groups is 1. The van der Waals surface area contributed by atoms with E-state index in [4.69, 9.17) is 14.5 Å². The molecule has 170 valence electrons. The minimum Gasteiger partial charge on any atom is -0.490 e. The molecule has 0 bridgehead atoms. The largest absolute Gasteiger partial charge is 0.490 e. The lowest BCUT2D eigenvalue weighted by Gasteiger charge is -2.13. The SMILES string of the molecule is CCOc1ccc(C(=O)Nc2sc3c(c2-c2nc4ccccc4s2)CCCC3)cc1OCC. The molecule has 2 aromatic heterocycles. The number of para-hydroxylation sites is 1. The fourth-order valence-corrected chi connectivity index (χ4v) is 6.62. The van der Waals surface area contributed by atoms with Crippen LogP contribution in [-0.4, -0.2) is 24.1 Å². The summed E-state index contributed by atoms with van der Waals surface area (Å²) in [5.41, 5.74) is 3.99. The van der Waals surface area contributed by atoms with Gasteiger partial charge in [0.1, 0.15) is 10.0 Å². The van der Waals surface area contributed by atoms with Gasteiger partial charge in [0.15, 0.2) is 11.5 Å². The van der Waals surface area contributed by atoms with Gasteiger partial charge in [0, 0.05) is 16.0 Å².